The van der Waals surface area contributed by atoms with Crippen LogP contribution in [-0.2, 0) is 11.2 Å². The van der Waals surface area contributed by atoms with Crippen molar-refractivity contribution in [3.63, 3.8) is 0 Å². The Labute approximate surface area is 149 Å². The van der Waals surface area contributed by atoms with Crippen molar-refractivity contribution in [2.24, 2.45) is 5.92 Å². The average molecular weight is 336 g/mol. The predicted octanol–water partition coefficient (Wildman–Crippen LogP) is 3.66. The Hall–Kier alpha value is -2.80. The van der Waals surface area contributed by atoms with Crippen LogP contribution in [0.3, 0.4) is 0 Å². The lowest BCUT2D eigenvalue weighted by Crippen LogP contribution is -2.37. The van der Waals surface area contributed by atoms with Crippen LogP contribution >= 0.6 is 0 Å². The average Bonchev–Trinajstić information content (AvgIpc) is 2.65. The minimum absolute atomic E-state index is 0.0161. The molecule has 4 heteroatoms. The van der Waals surface area contributed by atoms with E-state index in [1.165, 1.54) is 5.56 Å². The molecule has 1 unspecified atom stereocenters. The number of hydrogen-bond acceptors (Lipinski definition) is 3. The summed E-state index contributed by atoms with van der Waals surface area (Å²) in [6.07, 6.45) is 0.758. The van der Waals surface area contributed by atoms with Crippen molar-refractivity contribution < 1.29 is 9.53 Å². The molecule has 0 aliphatic carbocycles. The van der Waals surface area contributed by atoms with E-state index in [2.05, 4.69) is 18.2 Å². The highest BCUT2D eigenvalue weighted by atomic mass is 16.5. The smallest absolute Gasteiger partial charge is 0.260 e. The van der Waals surface area contributed by atoms with Crippen molar-refractivity contribution in [2.75, 3.05) is 19.7 Å². The van der Waals surface area contributed by atoms with Crippen molar-refractivity contribution in [3.8, 4) is 11.8 Å². The summed E-state index contributed by atoms with van der Waals surface area (Å²) >= 11 is 0. The highest BCUT2D eigenvalue weighted by molar-refractivity contribution is 5.77. The van der Waals surface area contributed by atoms with E-state index in [0.29, 0.717) is 13.1 Å². The van der Waals surface area contributed by atoms with Gasteiger partial charge in [0.25, 0.3) is 5.91 Å². The Morgan fingerprint density at radius 2 is 1.84 bits per heavy atom. The first-order valence-electron chi connectivity index (χ1n) is 8.56. The number of para-hydroxylation sites is 1. The van der Waals surface area contributed by atoms with Crippen LogP contribution in [0.2, 0.25) is 0 Å². The van der Waals surface area contributed by atoms with Crippen LogP contribution in [0.4, 0.5) is 0 Å². The molecule has 0 heterocycles. The summed E-state index contributed by atoms with van der Waals surface area (Å²) < 4.78 is 5.80. The molecule has 4 nitrogen and oxygen atoms in total. The molecular formula is C21H24N2O2. The van der Waals surface area contributed by atoms with Crippen molar-refractivity contribution >= 4 is 5.91 Å². The van der Waals surface area contributed by atoms with Gasteiger partial charge in [0.1, 0.15) is 5.75 Å². The molecule has 0 aliphatic rings. The van der Waals surface area contributed by atoms with Gasteiger partial charge in [-0.15, -0.1) is 0 Å². The molecular weight excluding hydrogens is 312 g/mol. The maximum Gasteiger partial charge on any atom is 0.260 e. The number of hydrogen-bond donors (Lipinski definition) is 0. The quantitative estimate of drug-likeness (QED) is 0.739. The van der Waals surface area contributed by atoms with Crippen LogP contribution in [0.15, 0.2) is 54.6 Å². The molecule has 0 radical (unpaired) electrons. The van der Waals surface area contributed by atoms with E-state index in [-0.39, 0.29) is 18.4 Å². The minimum atomic E-state index is -0.186. The Balaban J connectivity index is 2.01. The van der Waals surface area contributed by atoms with Gasteiger partial charge in [0.2, 0.25) is 0 Å². The zero-order valence-electron chi connectivity index (χ0n) is 14.8. The fourth-order valence-corrected chi connectivity index (χ4v) is 2.62. The molecule has 2 rings (SSSR count). The third kappa shape index (κ3) is 5.65. The Kier molecular flexibility index (Phi) is 7.03. The number of nitriles is 1. The summed E-state index contributed by atoms with van der Waals surface area (Å²) in [5, 5.41) is 8.93. The standard InChI is InChI=1S/C21H24N2O2/c1-3-23(15-17(2)14-22)21(24)16-25-20-12-8-7-11-19(20)13-18-9-5-4-6-10-18/h4-12,17H,3,13,15-16H2,1-2H3. The van der Waals surface area contributed by atoms with Crippen molar-refractivity contribution in [1.82, 2.24) is 4.90 Å². The largest absolute Gasteiger partial charge is 0.483 e. The van der Waals surface area contributed by atoms with E-state index < -0.39 is 0 Å². The van der Waals surface area contributed by atoms with Gasteiger partial charge in [-0.05, 0) is 31.0 Å². The lowest BCUT2D eigenvalue weighted by atomic mass is 10.0. The number of rotatable bonds is 8. The minimum Gasteiger partial charge on any atom is -0.483 e. The van der Waals surface area contributed by atoms with Crippen molar-refractivity contribution in [3.05, 3.63) is 65.7 Å². The van der Waals surface area contributed by atoms with Crippen molar-refractivity contribution in [2.45, 2.75) is 20.3 Å². The first-order chi connectivity index (χ1) is 12.1. The summed E-state index contributed by atoms with van der Waals surface area (Å²) in [6.45, 7) is 4.70. The normalized spacial score (nSPS) is 11.4. The van der Waals surface area contributed by atoms with Gasteiger partial charge in [-0.25, -0.2) is 0 Å². The highest BCUT2D eigenvalue weighted by Gasteiger charge is 2.16. The van der Waals surface area contributed by atoms with E-state index in [4.69, 9.17) is 10.00 Å². The van der Waals surface area contributed by atoms with E-state index in [1.54, 1.807) is 4.90 Å². The molecule has 0 bridgehead atoms. The van der Waals surface area contributed by atoms with E-state index in [0.717, 1.165) is 17.7 Å². The number of amides is 1. The van der Waals surface area contributed by atoms with Crippen LogP contribution in [0.1, 0.15) is 25.0 Å². The number of nitrogens with zero attached hydrogens (tertiary/aromatic N) is 2. The molecule has 0 spiro atoms. The molecule has 25 heavy (non-hydrogen) atoms. The number of likely N-dealkylation sites (N-methyl/N-ethyl adjacent to an activating group) is 1. The maximum atomic E-state index is 12.4. The second-order valence-electron chi connectivity index (χ2n) is 6.02. The summed E-state index contributed by atoms with van der Waals surface area (Å²) in [6, 6.07) is 20.1. The first-order valence-corrected chi connectivity index (χ1v) is 8.56. The topological polar surface area (TPSA) is 53.3 Å². The van der Waals surface area contributed by atoms with Gasteiger partial charge in [-0.1, -0.05) is 48.5 Å². The Morgan fingerprint density at radius 1 is 1.16 bits per heavy atom. The van der Waals surface area contributed by atoms with Gasteiger partial charge in [0.05, 0.1) is 12.0 Å². The van der Waals surface area contributed by atoms with Crippen LogP contribution in [-0.4, -0.2) is 30.5 Å². The molecule has 0 fully saturated rings. The van der Waals surface area contributed by atoms with Crippen LogP contribution in [0.25, 0.3) is 0 Å². The van der Waals surface area contributed by atoms with Crippen LogP contribution in [0.5, 0.6) is 5.75 Å². The number of ether oxygens (including phenoxy) is 1. The molecule has 0 aromatic heterocycles. The molecule has 1 atom stereocenters. The number of carbonyl (C=O) groups excluding carboxylic acids is 1. The van der Waals surface area contributed by atoms with Crippen molar-refractivity contribution in [1.29, 1.82) is 5.26 Å². The Morgan fingerprint density at radius 3 is 2.52 bits per heavy atom. The van der Waals surface area contributed by atoms with Gasteiger partial charge in [0, 0.05) is 19.5 Å². The molecule has 0 saturated carbocycles. The lowest BCUT2D eigenvalue weighted by Gasteiger charge is -2.22. The van der Waals surface area contributed by atoms with E-state index >= 15 is 0 Å². The molecule has 2 aromatic rings. The van der Waals surface area contributed by atoms with E-state index in [9.17, 15) is 4.79 Å². The van der Waals surface area contributed by atoms with Gasteiger partial charge >= 0.3 is 0 Å². The summed E-state index contributed by atoms with van der Waals surface area (Å²) in [7, 11) is 0. The van der Waals surface area contributed by atoms with Crippen LogP contribution < -0.4 is 4.74 Å². The van der Waals surface area contributed by atoms with E-state index in [1.807, 2.05) is 56.3 Å². The zero-order chi connectivity index (χ0) is 18.1. The third-order valence-electron chi connectivity index (χ3n) is 4.01. The number of benzene rings is 2. The Bertz CT molecular complexity index is 722. The lowest BCUT2D eigenvalue weighted by molar-refractivity contribution is -0.133. The number of carbonyl (C=O) groups is 1. The predicted molar refractivity (Wildman–Crippen MR) is 98.2 cm³/mol. The van der Waals surface area contributed by atoms with Crippen LogP contribution in [0, 0.1) is 17.2 Å². The molecule has 0 N–H and O–H groups in total. The molecule has 2 aromatic carbocycles. The maximum absolute atomic E-state index is 12.4. The fourth-order valence-electron chi connectivity index (χ4n) is 2.62. The monoisotopic (exact) mass is 336 g/mol. The van der Waals surface area contributed by atoms with Gasteiger partial charge < -0.3 is 9.64 Å². The third-order valence-corrected chi connectivity index (χ3v) is 4.01. The molecule has 0 saturated heterocycles. The summed E-state index contributed by atoms with van der Waals surface area (Å²) in [5.41, 5.74) is 2.25. The fraction of sp³-hybridized carbons (Fsp3) is 0.333. The highest BCUT2D eigenvalue weighted by Crippen LogP contribution is 2.21. The molecule has 1 amide bonds. The summed E-state index contributed by atoms with van der Waals surface area (Å²) in [4.78, 5) is 14.0. The first kappa shape index (κ1) is 18.5. The molecule has 130 valence electrons. The second kappa shape index (κ2) is 9.48. The second-order valence-corrected chi connectivity index (χ2v) is 6.02. The molecule has 0 aliphatic heterocycles. The SMILES string of the molecule is CCN(CC(C)C#N)C(=O)COc1ccccc1Cc1ccccc1. The van der Waals surface area contributed by atoms with Gasteiger partial charge in [0.15, 0.2) is 6.61 Å². The van der Waals surface area contributed by atoms with Gasteiger partial charge in [-0.2, -0.15) is 5.26 Å². The van der Waals surface area contributed by atoms with Gasteiger partial charge in [-0.3, -0.25) is 4.79 Å². The summed E-state index contributed by atoms with van der Waals surface area (Å²) in [5.74, 6) is 0.442. The zero-order valence-corrected chi connectivity index (χ0v) is 14.8.